The van der Waals surface area contributed by atoms with Gasteiger partial charge in [-0.3, -0.25) is 0 Å². The van der Waals surface area contributed by atoms with Gasteiger partial charge in [0.05, 0.1) is 17.8 Å². The predicted molar refractivity (Wildman–Crippen MR) is 83.1 cm³/mol. The second-order valence-electron chi connectivity index (χ2n) is 4.80. The van der Waals surface area contributed by atoms with Crippen molar-refractivity contribution in [2.24, 2.45) is 0 Å². The zero-order valence-corrected chi connectivity index (χ0v) is 11.8. The van der Waals surface area contributed by atoms with Crippen molar-refractivity contribution in [2.75, 3.05) is 6.61 Å². The molecule has 0 aliphatic carbocycles. The summed E-state index contributed by atoms with van der Waals surface area (Å²) in [5.41, 5.74) is 4.38. The molecule has 2 aromatic carbocycles. The predicted octanol–water partition coefficient (Wildman–Crippen LogP) is 4.61. The smallest absolute Gasteiger partial charge is 0.120 e. The Morgan fingerprint density at radius 2 is 1.80 bits per heavy atom. The van der Waals surface area contributed by atoms with Crippen molar-refractivity contribution in [3.8, 4) is 17.0 Å². The van der Waals surface area contributed by atoms with Gasteiger partial charge in [-0.05, 0) is 43.7 Å². The van der Waals surface area contributed by atoms with Gasteiger partial charge in [-0.25, -0.2) is 4.98 Å². The Kier molecular flexibility index (Phi) is 3.38. The van der Waals surface area contributed by atoms with Gasteiger partial charge in [0.25, 0.3) is 0 Å². The average Bonchev–Trinajstić information content (AvgIpc) is 2.49. The Bertz CT molecular complexity index is 735. The molecule has 3 rings (SSSR count). The molecule has 0 saturated heterocycles. The van der Waals surface area contributed by atoms with Crippen LogP contribution in [0.2, 0.25) is 0 Å². The largest absolute Gasteiger partial charge is 0.494 e. The molecule has 0 bridgehead atoms. The molecule has 1 heterocycles. The van der Waals surface area contributed by atoms with Crippen molar-refractivity contribution in [1.29, 1.82) is 0 Å². The maximum atomic E-state index is 5.56. The van der Waals surface area contributed by atoms with Gasteiger partial charge in [-0.1, -0.05) is 30.3 Å². The van der Waals surface area contributed by atoms with E-state index in [2.05, 4.69) is 31.2 Å². The third-order valence-corrected chi connectivity index (χ3v) is 3.37. The van der Waals surface area contributed by atoms with Gasteiger partial charge in [-0.2, -0.15) is 0 Å². The van der Waals surface area contributed by atoms with Crippen LogP contribution in [0, 0.1) is 6.92 Å². The zero-order chi connectivity index (χ0) is 13.9. The van der Waals surface area contributed by atoms with E-state index in [1.807, 2.05) is 37.3 Å². The minimum absolute atomic E-state index is 0.681. The molecule has 100 valence electrons. The van der Waals surface area contributed by atoms with Crippen LogP contribution in [0.3, 0.4) is 0 Å². The molecule has 0 atom stereocenters. The number of rotatable bonds is 3. The summed E-state index contributed by atoms with van der Waals surface area (Å²) < 4.78 is 5.56. The van der Waals surface area contributed by atoms with E-state index in [-0.39, 0.29) is 0 Å². The summed E-state index contributed by atoms with van der Waals surface area (Å²) in [6.07, 6.45) is 0. The highest BCUT2D eigenvalue weighted by molar-refractivity contribution is 5.86. The van der Waals surface area contributed by atoms with Crippen molar-refractivity contribution >= 4 is 10.9 Å². The molecule has 0 N–H and O–H groups in total. The Labute approximate surface area is 119 Å². The lowest BCUT2D eigenvalue weighted by atomic mass is 10.0. The first-order chi connectivity index (χ1) is 9.78. The van der Waals surface area contributed by atoms with Crippen LogP contribution in [-0.2, 0) is 0 Å². The van der Waals surface area contributed by atoms with Crippen molar-refractivity contribution in [2.45, 2.75) is 13.8 Å². The summed E-state index contributed by atoms with van der Waals surface area (Å²) in [7, 11) is 0. The number of benzene rings is 2. The van der Waals surface area contributed by atoms with E-state index >= 15 is 0 Å². The first-order valence-electron chi connectivity index (χ1n) is 6.87. The molecule has 0 saturated carbocycles. The van der Waals surface area contributed by atoms with Gasteiger partial charge in [0, 0.05) is 10.9 Å². The van der Waals surface area contributed by atoms with E-state index in [1.54, 1.807) is 0 Å². The van der Waals surface area contributed by atoms with Gasteiger partial charge in [0.2, 0.25) is 0 Å². The molecule has 0 aliphatic rings. The SMILES string of the molecule is CCOc1ccc2nc(-c3ccccc3)cc(C)c2c1. The van der Waals surface area contributed by atoms with E-state index in [0.717, 1.165) is 27.9 Å². The minimum Gasteiger partial charge on any atom is -0.494 e. The van der Waals surface area contributed by atoms with E-state index in [4.69, 9.17) is 9.72 Å². The highest BCUT2D eigenvalue weighted by Crippen LogP contribution is 2.27. The van der Waals surface area contributed by atoms with Gasteiger partial charge in [-0.15, -0.1) is 0 Å². The third kappa shape index (κ3) is 2.37. The number of aryl methyl sites for hydroxylation is 1. The molecule has 0 radical (unpaired) electrons. The number of pyridine rings is 1. The van der Waals surface area contributed by atoms with E-state index in [9.17, 15) is 0 Å². The van der Waals surface area contributed by atoms with E-state index in [0.29, 0.717) is 6.61 Å². The summed E-state index contributed by atoms with van der Waals surface area (Å²) in [6.45, 7) is 4.79. The molecule has 2 nitrogen and oxygen atoms in total. The van der Waals surface area contributed by atoms with Crippen molar-refractivity contribution in [1.82, 2.24) is 4.98 Å². The molecule has 0 fully saturated rings. The van der Waals surface area contributed by atoms with Crippen LogP contribution >= 0.6 is 0 Å². The fraction of sp³-hybridized carbons (Fsp3) is 0.167. The lowest BCUT2D eigenvalue weighted by Gasteiger charge is -2.09. The minimum atomic E-state index is 0.681. The first-order valence-corrected chi connectivity index (χ1v) is 6.87. The van der Waals surface area contributed by atoms with Crippen LogP contribution in [0.15, 0.2) is 54.6 Å². The quantitative estimate of drug-likeness (QED) is 0.688. The van der Waals surface area contributed by atoms with E-state index < -0.39 is 0 Å². The van der Waals surface area contributed by atoms with Crippen LogP contribution in [0.25, 0.3) is 22.2 Å². The maximum absolute atomic E-state index is 5.56. The molecule has 0 spiro atoms. The summed E-state index contributed by atoms with van der Waals surface area (Å²) in [6, 6.07) is 18.5. The monoisotopic (exact) mass is 263 g/mol. The van der Waals surface area contributed by atoms with Crippen LogP contribution in [0.1, 0.15) is 12.5 Å². The van der Waals surface area contributed by atoms with Gasteiger partial charge >= 0.3 is 0 Å². The Morgan fingerprint density at radius 1 is 1.00 bits per heavy atom. The second-order valence-corrected chi connectivity index (χ2v) is 4.80. The molecule has 0 unspecified atom stereocenters. The maximum Gasteiger partial charge on any atom is 0.120 e. The molecule has 0 aliphatic heterocycles. The van der Waals surface area contributed by atoms with Crippen molar-refractivity contribution in [3.63, 3.8) is 0 Å². The molecule has 0 amide bonds. The molecule has 1 aromatic heterocycles. The number of hydrogen-bond donors (Lipinski definition) is 0. The molecule has 3 aromatic rings. The summed E-state index contributed by atoms with van der Waals surface area (Å²) in [4.78, 5) is 4.75. The van der Waals surface area contributed by atoms with E-state index in [1.165, 1.54) is 5.56 Å². The van der Waals surface area contributed by atoms with Crippen LogP contribution in [-0.4, -0.2) is 11.6 Å². The van der Waals surface area contributed by atoms with Gasteiger partial charge in [0.15, 0.2) is 0 Å². The van der Waals surface area contributed by atoms with Crippen LogP contribution in [0.4, 0.5) is 0 Å². The number of aromatic nitrogens is 1. The number of ether oxygens (including phenoxy) is 1. The fourth-order valence-electron chi connectivity index (χ4n) is 2.39. The fourth-order valence-corrected chi connectivity index (χ4v) is 2.39. The standard InChI is InChI=1S/C18H17NO/c1-3-20-15-9-10-17-16(12-15)13(2)11-18(19-17)14-7-5-4-6-8-14/h4-12H,3H2,1-2H3. The third-order valence-electron chi connectivity index (χ3n) is 3.37. The number of fused-ring (bicyclic) bond motifs is 1. The highest BCUT2D eigenvalue weighted by Gasteiger charge is 2.06. The number of hydrogen-bond acceptors (Lipinski definition) is 2. The summed E-state index contributed by atoms with van der Waals surface area (Å²) in [5, 5.41) is 1.15. The lowest BCUT2D eigenvalue weighted by Crippen LogP contribution is -1.93. The Balaban J connectivity index is 2.13. The zero-order valence-electron chi connectivity index (χ0n) is 11.8. The summed E-state index contributed by atoms with van der Waals surface area (Å²) >= 11 is 0. The molecule has 2 heteroatoms. The second kappa shape index (κ2) is 5.33. The summed E-state index contributed by atoms with van der Waals surface area (Å²) in [5.74, 6) is 0.900. The average molecular weight is 263 g/mol. The van der Waals surface area contributed by atoms with Crippen molar-refractivity contribution < 1.29 is 4.74 Å². The molecule has 20 heavy (non-hydrogen) atoms. The molecular formula is C18H17NO. The number of nitrogens with zero attached hydrogens (tertiary/aromatic N) is 1. The van der Waals surface area contributed by atoms with Crippen LogP contribution in [0.5, 0.6) is 5.75 Å². The van der Waals surface area contributed by atoms with Crippen molar-refractivity contribution in [3.05, 3.63) is 60.2 Å². The Hall–Kier alpha value is -2.35. The normalized spacial score (nSPS) is 10.7. The topological polar surface area (TPSA) is 22.1 Å². The van der Waals surface area contributed by atoms with Gasteiger partial charge < -0.3 is 4.74 Å². The first kappa shape index (κ1) is 12.7. The lowest BCUT2D eigenvalue weighted by molar-refractivity contribution is 0.340. The molecular weight excluding hydrogens is 246 g/mol. The Morgan fingerprint density at radius 3 is 2.55 bits per heavy atom. The van der Waals surface area contributed by atoms with Crippen LogP contribution < -0.4 is 4.74 Å². The highest BCUT2D eigenvalue weighted by atomic mass is 16.5. The van der Waals surface area contributed by atoms with Gasteiger partial charge in [0.1, 0.15) is 5.75 Å².